The van der Waals surface area contributed by atoms with E-state index < -0.39 is 0 Å². The van der Waals surface area contributed by atoms with Crippen molar-refractivity contribution in [1.29, 1.82) is 0 Å². The quantitative estimate of drug-likeness (QED) is 0.184. The molecule has 230 valence electrons. The van der Waals surface area contributed by atoms with Gasteiger partial charge in [-0.15, -0.1) is 0 Å². The first-order valence-electron chi connectivity index (χ1n) is 16.4. The minimum atomic E-state index is 0.599. The van der Waals surface area contributed by atoms with Crippen LogP contribution in [0.3, 0.4) is 0 Å². The molecule has 2 heterocycles. The van der Waals surface area contributed by atoms with Crippen molar-refractivity contribution in [3.63, 3.8) is 0 Å². The van der Waals surface area contributed by atoms with Gasteiger partial charge in [0, 0.05) is 22.3 Å². The predicted molar refractivity (Wildman–Crippen MR) is 200 cm³/mol. The lowest BCUT2D eigenvalue weighted by Crippen LogP contribution is -1.96. The van der Waals surface area contributed by atoms with E-state index in [1.54, 1.807) is 0 Å². The van der Waals surface area contributed by atoms with E-state index >= 15 is 0 Å². The van der Waals surface area contributed by atoms with Gasteiger partial charge >= 0.3 is 0 Å². The average Bonchev–Trinajstić information content (AvgIpc) is 3.63. The number of benzene rings is 7. The van der Waals surface area contributed by atoms with Crippen LogP contribution in [0.1, 0.15) is 0 Å². The van der Waals surface area contributed by atoms with E-state index in [4.69, 9.17) is 14.4 Å². The van der Waals surface area contributed by atoms with Crippen LogP contribution in [0, 0.1) is 0 Å². The number of hydrogen-bond acceptors (Lipinski definition) is 4. The normalized spacial score (nSPS) is 11.3. The Labute approximate surface area is 284 Å². The second kappa shape index (κ2) is 12.2. The lowest BCUT2D eigenvalue weighted by molar-refractivity contribution is 0.620. The summed E-state index contributed by atoms with van der Waals surface area (Å²) in [4.78, 5) is 14.9. The molecule has 0 bridgehead atoms. The minimum Gasteiger partial charge on any atom is -0.436 e. The Balaban J connectivity index is 1.11. The van der Waals surface area contributed by atoms with Crippen LogP contribution < -0.4 is 0 Å². The molecule has 9 aromatic rings. The van der Waals surface area contributed by atoms with Crippen molar-refractivity contribution in [2.24, 2.45) is 0 Å². The predicted octanol–water partition coefficient (Wildman–Crippen LogP) is 11.8. The van der Waals surface area contributed by atoms with E-state index in [0.29, 0.717) is 11.7 Å². The SMILES string of the molecule is c1ccc(-c2ccc(-c3cc(-c4ccc(-c5nc6ccccc6o5)cc4)nc(-c4ccc(-c5cccc6ccccc56)cc4)n3)cc2)cc1. The van der Waals surface area contributed by atoms with Crippen LogP contribution in [0.15, 0.2) is 180 Å². The van der Waals surface area contributed by atoms with Gasteiger partial charge in [-0.05, 0) is 63.4 Å². The molecule has 4 heteroatoms. The standard InChI is InChI=1S/C45H29N3O/c1-2-9-30(10-3-1)31-17-21-34(22-18-31)41-29-42(35-23-27-37(28-24-35)45-48-40-15-6-7-16-43(40)49-45)47-44(46-41)36-25-19-33(20-26-36)39-14-8-12-32-11-4-5-13-38(32)39/h1-29H. The molecule has 0 fully saturated rings. The van der Waals surface area contributed by atoms with Crippen molar-refractivity contribution in [3.05, 3.63) is 176 Å². The highest BCUT2D eigenvalue weighted by Gasteiger charge is 2.14. The summed E-state index contributed by atoms with van der Waals surface area (Å²) in [6.45, 7) is 0. The summed E-state index contributed by atoms with van der Waals surface area (Å²) in [5.41, 5.74) is 11.9. The lowest BCUT2D eigenvalue weighted by atomic mass is 9.97. The second-order valence-electron chi connectivity index (χ2n) is 12.1. The van der Waals surface area contributed by atoms with Crippen LogP contribution in [0.4, 0.5) is 0 Å². The molecule has 0 aliphatic heterocycles. The van der Waals surface area contributed by atoms with Gasteiger partial charge in [-0.3, -0.25) is 0 Å². The van der Waals surface area contributed by atoms with E-state index in [9.17, 15) is 0 Å². The molecule has 0 unspecified atom stereocenters. The first kappa shape index (κ1) is 28.6. The third-order valence-corrected chi connectivity index (χ3v) is 8.98. The number of oxazole rings is 1. The maximum atomic E-state index is 6.02. The molecule has 0 aliphatic rings. The van der Waals surface area contributed by atoms with E-state index in [0.717, 1.165) is 55.9 Å². The molecule has 0 atom stereocenters. The van der Waals surface area contributed by atoms with Crippen molar-refractivity contribution >= 4 is 21.9 Å². The molecule has 0 aliphatic carbocycles. The number of nitrogens with zero attached hydrogens (tertiary/aromatic N) is 3. The molecule has 0 N–H and O–H groups in total. The van der Waals surface area contributed by atoms with Gasteiger partial charge in [0.2, 0.25) is 5.89 Å². The van der Waals surface area contributed by atoms with E-state index in [1.165, 1.54) is 21.9 Å². The zero-order valence-corrected chi connectivity index (χ0v) is 26.5. The Morgan fingerprint density at radius 3 is 1.65 bits per heavy atom. The first-order valence-corrected chi connectivity index (χ1v) is 16.4. The lowest BCUT2D eigenvalue weighted by Gasteiger charge is -2.11. The maximum Gasteiger partial charge on any atom is 0.227 e. The summed E-state index contributed by atoms with van der Waals surface area (Å²) in [7, 11) is 0. The largest absolute Gasteiger partial charge is 0.436 e. The van der Waals surface area contributed by atoms with Crippen molar-refractivity contribution in [3.8, 4) is 67.6 Å². The molecule has 4 nitrogen and oxygen atoms in total. The zero-order valence-electron chi connectivity index (χ0n) is 26.5. The summed E-state index contributed by atoms with van der Waals surface area (Å²) in [5, 5.41) is 2.46. The van der Waals surface area contributed by atoms with Crippen LogP contribution in [-0.4, -0.2) is 15.0 Å². The van der Waals surface area contributed by atoms with Crippen LogP contribution in [-0.2, 0) is 0 Å². The number of fused-ring (bicyclic) bond motifs is 2. The smallest absolute Gasteiger partial charge is 0.227 e. The molecule has 2 aromatic heterocycles. The summed E-state index contributed by atoms with van der Waals surface area (Å²) in [6.07, 6.45) is 0. The molecule has 7 aromatic carbocycles. The number of aromatic nitrogens is 3. The summed E-state index contributed by atoms with van der Waals surface area (Å²) in [5.74, 6) is 1.27. The molecule has 0 radical (unpaired) electrons. The Bertz CT molecular complexity index is 2530. The Kier molecular flexibility index (Phi) is 7.10. The highest BCUT2D eigenvalue weighted by atomic mass is 16.3. The fourth-order valence-electron chi connectivity index (χ4n) is 6.39. The average molecular weight is 628 g/mol. The third kappa shape index (κ3) is 5.56. The minimum absolute atomic E-state index is 0.599. The van der Waals surface area contributed by atoms with Crippen LogP contribution in [0.5, 0.6) is 0 Å². The molecule has 0 amide bonds. The highest BCUT2D eigenvalue weighted by Crippen LogP contribution is 2.33. The van der Waals surface area contributed by atoms with E-state index in [-0.39, 0.29) is 0 Å². The van der Waals surface area contributed by atoms with Gasteiger partial charge in [0.25, 0.3) is 0 Å². The molecule has 0 saturated carbocycles. The molecule has 0 spiro atoms. The Hall–Kier alpha value is -6.65. The van der Waals surface area contributed by atoms with Gasteiger partial charge in [-0.1, -0.05) is 146 Å². The second-order valence-corrected chi connectivity index (χ2v) is 12.1. The first-order chi connectivity index (χ1) is 24.2. The maximum absolute atomic E-state index is 6.02. The van der Waals surface area contributed by atoms with E-state index in [2.05, 4.69) is 138 Å². The van der Waals surface area contributed by atoms with Crippen LogP contribution >= 0.6 is 0 Å². The fraction of sp³-hybridized carbons (Fsp3) is 0. The van der Waals surface area contributed by atoms with Gasteiger partial charge in [-0.2, -0.15) is 0 Å². The summed E-state index contributed by atoms with van der Waals surface area (Å²) < 4.78 is 6.02. The molecular weight excluding hydrogens is 599 g/mol. The van der Waals surface area contributed by atoms with Crippen molar-refractivity contribution in [2.75, 3.05) is 0 Å². The zero-order chi connectivity index (χ0) is 32.6. The molecule has 0 saturated heterocycles. The summed E-state index contributed by atoms with van der Waals surface area (Å²) >= 11 is 0. The van der Waals surface area contributed by atoms with Gasteiger partial charge < -0.3 is 4.42 Å². The van der Waals surface area contributed by atoms with Crippen LogP contribution in [0.2, 0.25) is 0 Å². The van der Waals surface area contributed by atoms with Crippen molar-refractivity contribution < 1.29 is 4.42 Å². The molecule has 9 rings (SSSR count). The van der Waals surface area contributed by atoms with Crippen molar-refractivity contribution in [2.45, 2.75) is 0 Å². The third-order valence-electron chi connectivity index (χ3n) is 8.98. The monoisotopic (exact) mass is 627 g/mol. The Morgan fingerprint density at radius 1 is 0.367 bits per heavy atom. The van der Waals surface area contributed by atoms with Crippen molar-refractivity contribution in [1.82, 2.24) is 15.0 Å². The van der Waals surface area contributed by atoms with Gasteiger partial charge in [-0.25, -0.2) is 15.0 Å². The molecule has 49 heavy (non-hydrogen) atoms. The fourth-order valence-corrected chi connectivity index (χ4v) is 6.39. The van der Waals surface area contributed by atoms with Gasteiger partial charge in [0.15, 0.2) is 11.4 Å². The topological polar surface area (TPSA) is 51.8 Å². The van der Waals surface area contributed by atoms with Crippen LogP contribution in [0.25, 0.3) is 89.5 Å². The summed E-state index contributed by atoms with van der Waals surface area (Å²) in [6, 6.07) is 60.6. The van der Waals surface area contributed by atoms with Gasteiger partial charge in [0.05, 0.1) is 11.4 Å². The number of rotatable bonds is 6. The number of hydrogen-bond donors (Lipinski definition) is 0. The highest BCUT2D eigenvalue weighted by molar-refractivity contribution is 5.96. The van der Waals surface area contributed by atoms with E-state index in [1.807, 2.05) is 42.5 Å². The van der Waals surface area contributed by atoms with Gasteiger partial charge in [0.1, 0.15) is 5.52 Å². The molecular formula is C45H29N3O. The number of para-hydroxylation sites is 2. The Morgan fingerprint density at radius 2 is 0.918 bits per heavy atom.